The summed E-state index contributed by atoms with van der Waals surface area (Å²) < 4.78 is 5.29. The van der Waals surface area contributed by atoms with E-state index in [4.69, 9.17) is 4.74 Å². The van der Waals surface area contributed by atoms with Crippen LogP contribution in [0.15, 0.2) is 24.3 Å². The lowest BCUT2D eigenvalue weighted by Gasteiger charge is -2.25. The summed E-state index contributed by atoms with van der Waals surface area (Å²) in [5, 5.41) is 2.67. The molecule has 0 unspecified atom stereocenters. The summed E-state index contributed by atoms with van der Waals surface area (Å²) in [6.07, 6.45) is 4.15. The lowest BCUT2D eigenvalue weighted by Crippen LogP contribution is -2.32. The Bertz CT molecular complexity index is 479. The quantitative estimate of drug-likeness (QED) is 0.668. The topological polar surface area (TPSA) is 58.6 Å². The first-order chi connectivity index (χ1) is 10.1. The fourth-order valence-electron chi connectivity index (χ4n) is 2.42. The molecule has 0 aromatic heterocycles. The summed E-state index contributed by atoms with van der Waals surface area (Å²) in [5.41, 5.74) is 0.690. The third-order valence-electron chi connectivity index (χ3n) is 3.49. The molecule has 0 aliphatic carbocycles. The monoisotopic (exact) mass is 290 g/mol. The molecule has 5 nitrogen and oxygen atoms in total. The summed E-state index contributed by atoms with van der Waals surface area (Å²) in [4.78, 5) is 25.0. The molecule has 5 heteroatoms. The summed E-state index contributed by atoms with van der Waals surface area (Å²) in [7, 11) is 0. The molecule has 0 atom stereocenters. The Balaban J connectivity index is 1.75. The van der Waals surface area contributed by atoms with Gasteiger partial charge in [0.2, 0.25) is 5.91 Å². The van der Waals surface area contributed by atoms with E-state index in [1.165, 1.54) is 26.2 Å². The number of carbonyl (C=O) groups excluding carboxylic acids is 2. The van der Waals surface area contributed by atoms with Crippen molar-refractivity contribution in [2.24, 2.45) is 0 Å². The first-order valence-electron chi connectivity index (χ1n) is 7.44. The second-order valence-corrected chi connectivity index (χ2v) is 5.33. The molecule has 21 heavy (non-hydrogen) atoms. The number of nitrogens with zero attached hydrogens (tertiary/aromatic N) is 1. The molecule has 0 saturated carbocycles. The van der Waals surface area contributed by atoms with E-state index < -0.39 is 0 Å². The summed E-state index contributed by atoms with van der Waals surface area (Å²) in [5.74, 6) is 0.168. The van der Waals surface area contributed by atoms with Gasteiger partial charge in [-0.05, 0) is 50.2 Å². The van der Waals surface area contributed by atoms with Crippen LogP contribution in [0.2, 0.25) is 0 Å². The minimum absolute atomic E-state index is 0.124. The van der Waals surface area contributed by atoms with Gasteiger partial charge in [-0.1, -0.05) is 6.42 Å². The second kappa shape index (κ2) is 7.78. The number of nitrogens with one attached hydrogen (secondary N) is 1. The minimum Gasteiger partial charge on any atom is -0.426 e. The standard InChI is InChI=1S/C16H22N2O3/c1-13(19)17-14-5-7-15(8-6-14)21-16(20)9-12-18-10-3-2-4-11-18/h5-8H,2-4,9-12H2,1H3,(H,17,19). The molecule has 1 N–H and O–H groups in total. The van der Waals surface area contributed by atoms with Gasteiger partial charge in [-0.3, -0.25) is 9.59 Å². The predicted octanol–water partition coefficient (Wildman–Crippen LogP) is 2.43. The lowest BCUT2D eigenvalue weighted by molar-refractivity contribution is -0.134. The molecule has 1 amide bonds. The SMILES string of the molecule is CC(=O)Nc1ccc(OC(=O)CCN2CCCCC2)cc1. The first-order valence-corrected chi connectivity index (χ1v) is 7.44. The van der Waals surface area contributed by atoms with Gasteiger partial charge in [0.1, 0.15) is 5.75 Å². The van der Waals surface area contributed by atoms with E-state index in [0.29, 0.717) is 17.9 Å². The molecule has 0 bridgehead atoms. The van der Waals surface area contributed by atoms with Gasteiger partial charge in [0, 0.05) is 19.2 Å². The van der Waals surface area contributed by atoms with E-state index in [0.717, 1.165) is 19.6 Å². The normalized spacial score (nSPS) is 15.5. The molecule has 1 aromatic carbocycles. The van der Waals surface area contributed by atoms with E-state index in [9.17, 15) is 9.59 Å². The average molecular weight is 290 g/mol. The highest BCUT2D eigenvalue weighted by atomic mass is 16.5. The van der Waals surface area contributed by atoms with Crippen LogP contribution in [0.1, 0.15) is 32.6 Å². The van der Waals surface area contributed by atoms with Crippen molar-refractivity contribution in [2.45, 2.75) is 32.6 Å². The van der Waals surface area contributed by atoms with Crippen molar-refractivity contribution in [3.8, 4) is 5.75 Å². The van der Waals surface area contributed by atoms with Crippen molar-refractivity contribution in [1.29, 1.82) is 0 Å². The molecule has 1 aromatic rings. The number of ether oxygens (including phenoxy) is 1. The van der Waals surface area contributed by atoms with Gasteiger partial charge in [-0.15, -0.1) is 0 Å². The van der Waals surface area contributed by atoms with Crippen molar-refractivity contribution in [3.05, 3.63) is 24.3 Å². The van der Waals surface area contributed by atoms with Crippen molar-refractivity contribution in [3.63, 3.8) is 0 Å². The van der Waals surface area contributed by atoms with Gasteiger partial charge in [0.15, 0.2) is 0 Å². The highest BCUT2D eigenvalue weighted by Crippen LogP contribution is 2.16. The number of rotatable bonds is 5. The van der Waals surface area contributed by atoms with Gasteiger partial charge in [-0.25, -0.2) is 0 Å². The maximum Gasteiger partial charge on any atom is 0.312 e. The third kappa shape index (κ3) is 5.55. The summed E-state index contributed by atoms with van der Waals surface area (Å²) in [6.45, 7) is 4.38. The molecule has 0 radical (unpaired) electrons. The number of likely N-dealkylation sites (tertiary alicyclic amines) is 1. The van der Waals surface area contributed by atoms with Gasteiger partial charge in [0.05, 0.1) is 6.42 Å². The molecule has 2 rings (SSSR count). The van der Waals surface area contributed by atoms with Crippen LogP contribution < -0.4 is 10.1 Å². The van der Waals surface area contributed by atoms with Crippen LogP contribution in [0.4, 0.5) is 5.69 Å². The number of hydrogen-bond acceptors (Lipinski definition) is 4. The molecule has 1 aliphatic rings. The lowest BCUT2D eigenvalue weighted by atomic mass is 10.1. The van der Waals surface area contributed by atoms with Crippen LogP contribution in [0.5, 0.6) is 5.75 Å². The zero-order valence-electron chi connectivity index (χ0n) is 12.4. The molecular weight excluding hydrogens is 268 g/mol. The van der Waals surface area contributed by atoms with Crippen LogP contribution >= 0.6 is 0 Å². The molecule has 1 saturated heterocycles. The zero-order valence-corrected chi connectivity index (χ0v) is 12.4. The fourth-order valence-corrected chi connectivity index (χ4v) is 2.42. The summed E-state index contributed by atoms with van der Waals surface area (Å²) in [6, 6.07) is 6.80. The minimum atomic E-state index is -0.215. The smallest absolute Gasteiger partial charge is 0.312 e. The van der Waals surface area contributed by atoms with E-state index in [1.54, 1.807) is 24.3 Å². The number of hydrogen-bond donors (Lipinski definition) is 1. The van der Waals surface area contributed by atoms with Crippen LogP contribution in [0.3, 0.4) is 0 Å². The van der Waals surface area contributed by atoms with Crippen molar-refractivity contribution in [2.75, 3.05) is 25.0 Å². The van der Waals surface area contributed by atoms with E-state index in [-0.39, 0.29) is 11.9 Å². The maximum absolute atomic E-state index is 11.8. The van der Waals surface area contributed by atoms with Crippen LogP contribution in [-0.4, -0.2) is 36.4 Å². The number of anilines is 1. The number of amides is 1. The Morgan fingerprint density at radius 1 is 1.14 bits per heavy atom. The number of benzene rings is 1. The van der Waals surface area contributed by atoms with Gasteiger partial charge in [0.25, 0.3) is 0 Å². The predicted molar refractivity (Wildman–Crippen MR) is 81.3 cm³/mol. The molecule has 1 heterocycles. The molecule has 0 spiro atoms. The number of esters is 1. The zero-order chi connectivity index (χ0) is 15.1. The molecule has 1 aliphatic heterocycles. The maximum atomic E-state index is 11.8. The Morgan fingerprint density at radius 2 is 1.81 bits per heavy atom. The van der Waals surface area contributed by atoms with Gasteiger partial charge < -0.3 is 15.0 Å². The van der Waals surface area contributed by atoms with Crippen molar-refractivity contribution >= 4 is 17.6 Å². The molecular formula is C16H22N2O3. The van der Waals surface area contributed by atoms with E-state index in [2.05, 4.69) is 10.2 Å². The van der Waals surface area contributed by atoms with Crippen molar-refractivity contribution in [1.82, 2.24) is 4.90 Å². The first kappa shape index (κ1) is 15.5. The van der Waals surface area contributed by atoms with E-state index in [1.807, 2.05) is 0 Å². The van der Waals surface area contributed by atoms with Crippen LogP contribution in [0.25, 0.3) is 0 Å². The third-order valence-corrected chi connectivity index (χ3v) is 3.49. The highest BCUT2D eigenvalue weighted by molar-refractivity contribution is 5.88. The van der Waals surface area contributed by atoms with Gasteiger partial charge >= 0.3 is 5.97 Å². The largest absolute Gasteiger partial charge is 0.426 e. The van der Waals surface area contributed by atoms with Gasteiger partial charge in [-0.2, -0.15) is 0 Å². The number of carbonyl (C=O) groups is 2. The Morgan fingerprint density at radius 3 is 2.43 bits per heavy atom. The van der Waals surface area contributed by atoms with Crippen LogP contribution in [0, 0.1) is 0 Å². The Hall–Kier alpha value is -1.88. The van der Waals surface area contributed by atoms with Crippen LogP contribution in [-0.2, 0) is 9.59 Å². The molecule has 1 fully saturated rings. The second-order valence-electron chi connectivity index (χ2n) is 5.33. The average Bonchev–Trinajstić information content (AvgIpc) is 2.48. The number of piperidine rings is 1. The van der Waals surface area contributed by atoms with Crippen molar-refractivity contribution < 1.29 is 14.3 Å². The summed E-state index contributed by atoms with van der Waals surface area (Å²) >= 11 is 0. The Labute approximate surface area is 125 Å². The molecule has 114 valence electrons. The highest BCUT2D eigenvalue weighted by Gasteiger charge is 2.12. The Kier molecular flexibility index (Phi) is 5.75. The fraction of sp³-hybridized carbons (Fsp3) is 0.500. The van der Waals surface area contributed by atoms with E-state index >= 15 is 0 Å².